The van der Waals surface area contributed by atoms with E-state index in [1.807, 2.05) is 6.92 Å². The van der Waals surface area contributed by atoms with Gasteiger partial charge in [0.2, 0.25) is 0 Å². The smallest absolute Gasteiger partial charge is 0.253 e. The van der Waals surface area contributed by atoms with E-state index in [9.17, 15) is 9.59 Å². The highest BCUT2D eigenvalue weighted by atomic mass is 16.5. The zero-order valence-corrected chi connectivity index (χ0v) is 10.9. The maximum atomic E-state index is 11.9. The highest BCUT2D eigenvalue weighted by Gasteiger charge is 2.23. The second-order valence-electron chi connectivity index (χ2n) is 4.43. The quantitative estimate of drug-likeness (QED) is 0.865. The third kappa shape index (κ3) is 3.54. The molecule has 102 valence electrons. The first-order valence-corrected chi connectivity index (χ1v) is 6.51. The molecule has 0 saturated carbocycles. The predicted octanol–water partition coefficient (Wildman–Crippen LogP) is 1.55. The number of hydrogen-bond acceptors (Lipinski definition) is 3. The van der Waals surface area contributed by atoms with Crippen molar-refractivity contribution in [3.8, 4) is 0 Å². The Balaban J connectivity index is 2.02. The van der Waals surface area contributed by atoms with Gasteiger partial charge in [-0.15, -0.1) is 0 Å². The van der Waals surface area contributed by atoms with E-state index in [1.165, 1.54) is 0 Å². The van der Waals surface area contributed by atoms with E-state index >= 15 is 0 Å². The van der Waals surface area contributed by atoms with Crippen molar-refractivity contribution in [1.82, 2.24) is 5.32 Å². The molecule has 0 radical (unpaired) electrons. The molecule has 2 amide bonds. The molecule has 2 N–H and O–H groups in total. The third-order valence-electron chi connectivity index (χ3n) is 2.95. The average Bonchev–Trinajstić information content (AvgIpc) is 2.93. The van der Waals surface area contributed by atoms with Crippen LogP contribution in [0.1, 0.15) is 30.1 Å². The number of hydrogen-bond donors (Lipinski definition) is 2. The standard InChI is InChI=1S/C14H18N2O3/c1-2-15-13(17)10-5-3-6-11(9-10)16-14(18)12-7-4-8-19-12/h3,5-6,9,12H,2,4,7-8H2,1H3,(H,15,17)(H,16,18). The molecule has 1 unspecified atom stereocenters. The molecule has 1 aromatic rings. The second kappa shape index (κ2) is 6.33. The summed E-state index contributed by atoms with van der Waals surface area (Å²) in [6.07, 6.45) is 1.30. The van der Waals surface area contributed by atoms with Crippen LogP contribution in [0.3, 0.4) is 0 Å². The molecule has 1 aromatic carbocycles. The number of carbonyl (C=O) groups excluding carboxylic acids is 2. The lowest BCUT2D eigenvalue weighted by molar-refractivity contribution is -0.124. The maximum absolute atomic E-state index is 11.9. The monoisotopic (exact) mass is 262 g/mol. The summed E-state index contributed by atoms with van der Waals surface area (Å²) in [5.41, 5.74) is 1.15. The Bertz CT molecular complexity index is 468. The van der Waals surface area contributed by atoms with E-state index in [1.54, 1.807) is 24.3 Å². The minimum absolute atomic E-state index is 0.143. The van der Waals surface area contributed by atoms with E-state index in [0.29, 0.717) is 24.4 Å². The van der Waals surface area contributed by atoms with Crippen molar-refractivity contribution in [3.63, 3.8) is 0 Å². The van der Waals surface area contributed by atoms with Crippen molar-refractivity contribution in [2.24, 2.45) is 0 Å². The van der Waals surface area contributed by atoms with E-state index < -0.39 is 0 Å². The normalized spacial score (nSPS) is 18.1. The van der Waals surface area contributed by atoms with Gasteiger partial charge in [-0.25, -0.2) is 0 Å². The molecule has 5 nitrogen and oxygen atoms in total. The summed E-state index contributed by atoms with van der Waals surface area (Å²) in [4.78, 5) is 23.6. The van der Waals surface area contributed by atoms with Crippen LogP contribution in [-0.4, -0.2) is 31.1 Å². The van der Waals surface area contributed by atoms with E-state index in [-0.39, 0.29) is 17.9 Å². The molecule has 0 spiro atoms. The van der Waals surface area contributed by atoms with Gasteiger partial charge in [0, 0.05) is 24.4 Å². The van der Waals surface area contributed by atoms with Crippen molar-refractivity contribution >= 4 is 17.5 Å². The summed E-state index contributed by atoms with van der Waals surface area (Å²) in [5, 5.41) is 5.50. The summed E-state index contributed by atoms with van der Waals surface area (Å²) in [5.74, 6) is -0.290. The van der Waals surface area contributed by atoms with Gasteiger partial charge < -0.3 is 15.4 Å². The Morgan fingerprint density at radius 2 is 2.26 bits per heavy atom. The van der Waals surface area contributed by atoms with Crippen LogP contribution in [0, 0.1) is 0 Å². The molecule has 19 heavy (non-hydrogen) atoms. The number of ether oxygens (including phenoxy) is 1. The first kappa shape index (κ1) is 13.5. The fourth-order valence-corrected chi connectivity index (χ4v) is 2.01. The van der Waals surface area contributed by atoms with Gasteiger partial charge in [-0.05, 0) is 38.0 Å². The second-order valence-corrected chi connectivity index (χ2v) is 4.43. The fraction of sp³-hybridized carbons (Fsp3) is 0.429. The topological polar surface area (TPSA) is 67.4 Å². The molecule has 1 heterocycles. The van der Waals surface area contributed by atoms with Crippen LogP contribution in [0.15, 0.2) is 24.3 Å². The van der Waals surface area contributed by atoms with Crippen molar-refractivity contribution < 1.29 is 14.3 Å². The summed E-state index contributed by atoms with van der Waals surface area (Å²) >= 11 is 0. The average molecular weight is 262 g/mol. The molecule has 0 bridgehead atoms. The third-order valence-corrected chi connectivity index (χ3v) is 2.95. The largest absolute Gasteiger partial charge is 0.368 e. The number of anilines is 1. The highest BCUT2D eigenvalue weighted by molar-refractivity contribution is 5.98. The molecule has 5 heteroatoms. The van der Waals surface area contributed by atoms with Gasteiger partial charge in [0.25, 0.3) is 11.8 Å². The van der Waals surface area contributed by atoms with Gasteiger partial charge in [-0.2, -0.15) is 0 Å². The lowest BCUT2D eigenvalue weighted by Crippen LogP contribution is -2.27. The summed E-state index contributed by atoms with van der Waals surface area (Å²) in [6, 6.07) is 6.88. The number of carbonyl (C=O) groups is 2. The summed E-state index contributed by atoms with van der Waals surface area (Å²) in [7, 11) is 0. The van der Waals surface area contributed by atoms with Crippen LogP contribution in [0.2, 0.25) is 0 Å². The first-order valence-electron chi connectivity index (χ1n) is 6.51. The fourth-order valence-electron chi connectivity index (χ4n) is 2.01. The van der Waals surface area contributed by atoms with Crippen molar-refractivity contribution in [3.05, 3.63) is 29.8 Å². The maximum Gasteiger partial charge on any atom is 0.253 e. The number of rotatable bonds is 4. The van der Waals surface area contributed by atoms with Gasteiger partial charge in [-0.3, -0.25) is 9.59 Å². The lowest BCUT2D eigenvalue weighted by Gasteiger charge is -2.11. The van der Waals surface area contributed by atoms with E-state index in [0.717, 1.165) is 12.8 Å². The lowest BCUT2D eigenvalue weighted by atomic mass is 10.1. The van der Waals surface area contributed by atoms with Crippen LogP contribution >= 0.6 is 0 Å². The molecule has 1 aliphatic heterocycles. The molecular weight excluding hydrogens is 244 g/mol. The molecule has 1 atom stereocenters. The highest BCUT2D eigenvalue weighted by Crippen LogP contribution is 2.16. The van der Waals surface area contributed by atoms with Crippen molar-refractivity contribution in [1.29, 1.82) is 0 Å². The van der Waals surface area contributed by atoms with Gasteiger partial charge in [0.15, 0.2) is 0 Å². The van der Waals surface area contributed by atoms with Crippen LogP contribution in [0.25, 0.3) is 0 Å². The molecular formula is C14H18N2O3. The van der Waals surface area contributed by atoms with Crippen LogP contribution in [0.4, 0.5) is 5.69 Å². The summed E-state index contributed by atoms with van der Waals surface area (Å²) < 4.78 is 5.31. The van der Waals surface area contributed by atoms with Gasteiger partial charge in [0.1, 0.15) is 6.10 Å². The van der Waals surface area contributed by atoms with Crippen LogP contribution in [-0.2, 0) is 9.53 Å². The molecule has 0 aliphatic carbocycles. The van der Waals surface area contributed by atoms with Crippen molar-refractivity contribution in [2.45, 2.75) is 25.9 Å². The molecule has 1 aliphatic rings. The Hall–Kier alpha value is -1.88. The zero-order chi connectivity index (χ0) is 13.7. The number of amides is 2. The van der Waals surface area contributed by atoms with Gasteiger partial charge in [0.05, 0.1) is 0 Å². The Morgan fingerprint density at radius 3 is 2.95 bits per heavy atom. The minimum Gasteiger partial charge on any atom is -0.368 e. The SMILES string of the molecule is CCNC(=O)c1cccc(NC(=O)C2CCCO2)c1. The van der Waals surface area contributed by atoms with Gasteiger partial charge in [-0.1, -0.05) is 6.07 Å². The number of nitrogens with one attached hydrogen (secondary N) is 2. The molecule has 0 aromatic heterocycles. The summed E-state index contributed by atoms with van der Waals surface area (Å²) in [6.45, 7) is 3.07. The minimum atomic E-state index is -0.367. The van der Waals surface area contributed by atoms with Crippen LogP contribution in [0.5, 0.6) is 0 Å². The van der Waals surface area contributed by atoms with Crippen molar-refractivity contribution in [2.75, 3.05) is 18.5 Å². The van der Waals surface area contributed by atoms with Crippen LogP contribution < -0.4 is 10.6 Å². The Kier molecular flexibility index (Phi) is 4.52. The zero-order valence-electron chi connectivity index (χ0n) is 10.9. The van der Waals surface area contributed by atoms with E-state index in [4.69, 9.17) is 4.74 Å². The Labute approximate surface area is 112 Å². The molecule has 1 saturated heterocycles. The predicted molar refractivity (Wildman–Crippen MR) is 72.1 cm³/mol. The number of benzene rings is 1. The van der Waals surface area contributed by atoms with E-state index in [2.05, 4.69) is 10.6 Å². The first-order chi connectivity index (χ1) is 9.20. The molecule has 1 fully saturated rings. The molecule has 2 rings (SSSR count). The Morgan fingerprint density at radius 1 is 1.42 bits per heavy atom. The van der Waals surface area contributed by atoms with Gasteiger partial charge >= 0.3 is 0 Å².